The molecule has 1 fully saturated rings. The van der Waals surface area contributed by atoms with E-state index < -0.39 is 5.97 Å². The number of piperazine rings is 1. The Balaban J connectivity index is 2.43. The second-order valence-corrected chi connectivity index (χ2v) is 3.76. The van der Waals surface area contributed by atoms with Gasteiger partial charge < -0.3 is 15.3 Å². The number of carboxylic acid groups (broad SMARTS) is 1. The maximum Gasteiger partial charge on any atom is 0.303 e. The van der Waals surface area contributed by atoms with E-state index in [0.717, 1.165) is 26.1 Å². The number of carboxylic acids is 1. The lowest BCUT2D eigenvalue weighted by Gasteiger charge is -2.32. The Labute approximate surface area is 89.4 Å². The van der Waals surface area contributed by atoms with Gasteiger partial charge in [-0.1, -0.05) is 6.92 Å². The van der Waals surface area contributed by atoms with Crippen molar-refractivity contribution in [3.8, 4) is 0 Å². The highest BCUT2D eigenvalue weighted by Gasteiger charge is 2.27. The van der Waals surface area contributed by atoms with Crippen LogP contribution in [0.15, 0.2) is 0 Å². The highest BCUT2D eigenvalue weighted by Crippen LogP contribution is 2.07. The minimum atomic E-state index is -0.850. The van der Waals surface area contributed by atoms with E-state index in [1.165, 1.54) is 0 Å². The summed E-state index contributed by atoms with van der Waals surface area (Å²) in [5.74, 6) is -0.804. The number of rotatable bonds is 5. The van der Waals surface area contributed by atoms with Crippen LogP contribution in [0.2, 0.25) is 0 Å². The summed E-state index contributed by atoms with van der Waals surface area (Å²) in [6.07, 6.45) is 1.37. The molecule has 1 unspecified atom stereocenters. The van der Waals surface area contributed by atoms with Crippen LogP contribution in [0.3, 0.4) is 0 Å². The SMILES string of the molecule is CCCN1CCNC(CCC(=O)O)C1=O. The standard InChI is InChI=1S/C10H18N2O3/c1-2-6-12-7-5-11-8(10(12)15)3-4-9(13)14/h8,11H,2-7H2,1H3,(H,13,14). The normalized spacial score (nSPS) is 21.8. The van der Waals surface area contributed by atoms with Crippen LogP contribution < -0.4 is 5.32 Å². The van der Waals surface area contributed by atoms with Crippen molar-refractivity contribution < 1.29 is 14.7 Å². The Morgan fingerprint density at radius 2 is 2.40 bits per heavy atom. The molecule has 5 nitrogen and oxygen atoms in total. The monoisotopic (exact) mass is 214 g/mol. The largest absolute Gasteiger partial charge is 0.481 e. The predicted octanol–water partition coefficient (Wildman–Crippen LogP) is 0.0616. The van der Waals surface area contributed by atoms with Gasteiger partial charge in [-0.05, 0) is 12.8 Å². The molecule has 0 aromatic heterocycles. The Bertz CT molecular complexity index is 241. The second kappa shape index (κ2) is 5.70. The smallest absolute Gasteiger partial charge is 0.303 e. The van der Waals surface area contributed by atoms with Crippen molar-refractivity contribution in [3.05, 3.63) is 0 Å². The zero-order valence-electron chi connectivity index (χ0n) is 9.03. The van der Waals surface area contributed by atoms with Crippen molar-refractivity contribution in [1.29, 1.82) is 0 Å². The summed E-state index contributed by atoms with van der Waals surface area (Å²) in [5, 5.41) is 11.6. The van der Waals surface area contributed by atoms with E-state index in [1.807, 2.05) is 11.8 Å². The molecule has 2 N–H and O–H groups in total. The summed E-state index contributed by atoms with van der Waals surface area (Å²) in [7, 11) is 0. The van der Waals surface area contributed by atoms with E-state index in [1.54, 1.807) is 0 Å². The van der Waals surface area contributed by atoms with Crippen LogP contribution in [-0.2, 0) is 9.59 Å². The first-order valence-corrected chi connectivity index (χ1v) is 5.39. The highest BCUT2D eigenvalue weighted by atomic mass is 16.4. The van der Waals surface area contributed by atoms with Gasteiger partial charge in [0.2, 0.25) is 5.91 Å². The quantitative estimate of drug-likeness (QED) is 0.679. The zero-order chi connectivity index (χ0) is 11.3. The van der Waals surface area contributed by atoms with E-state index in [-0.39, 0.29) is 18.4 Å². The van der Waals surface area contributed by atoms with Gasteiger partial charge in [-0.2, -0.15) is 0 Å². The number of carbonyl (C=O) groups is 2. The molecule has 1 amide bonds. The average molecular weight is 214 g/mol. The van der Waals surface area contributed by atoms with E-state index in [2.05, 4.69) is 5.32 Å². The molecule has 0 saturated carbocycles. The molecule has 0 bridgehead atoms. The van der Waals surface area contributed by atoms with Crippen molar-refractivity contribution in [2.24, 2.45) is 0 Å². The topological polar surface area (TPSA) is 69.6 Å². The molecule has 15 heavy (non-hydrogen) atoms. The third-order valence-electron chi connectivity index (χ3n) is 2.52. The van der Waals surface area contributed by atoms with Gasteiger partial charge in [0.15, 0.2) is 0 Å². The highest BCUT2D eigenvalue weighted by molar-refractivity contribution is 5.83. The Hall–Kier alpha value is -1.10. The number of hydrogen-bond donors (Lipinski definition) is 2. The van der Waals surface area contributed by atoms with Crippen molar-refractivity contribution in [2.45, 2.75) is 32.2 Å². The number of carbonyl (C=O) groups excluding carboxylic acids is 1. The molecule has 1 aliphatic rings. The Morgan fingerprint density at radius 3 is 3.00 bits per heavy atom. The lowest BCUT2D eigenvalue weighted by atomic mass is 10.1. The molecule has 1 aliphatic heterocycles. The zero-order valence-corrected chi connectivity index (χ0v) is 9.03. The molecule has 1 atom stereocenters. The van der Waals surface area contributed by atoms with Crippen LogP contribution in [-0.4, -0.2) is 47.6 Å². The van der Waals surface area contributed by atoms with E-state index in [4.69, 9.17) is 5.11 Å². The molecule has 0 spiro atoms. The fraction of sp³-hybridized carbons (Fsp3) is 0.800. The van der Waals surface area contributed by atoms with Crippen LogP contribution in [0, 0.1) is 0 Å². The number of hydrogen-bond acceptors (Lipinski definition) is 3. The molecule has 0 aromatic rings. The summed E-state index contributed by atoms with van der Waals surface area (Å²) in [5.41, 5.74) is 0. The van der Waals surface area contributed by atoms with Gasteiger partial charge in [0.1, 0.15) is 0 Å². The maximum atomic E-state index is 11.8. The van der Waals surface area contributed by atoms with E-state index in [9.17, 15) is 9.59 Å². The Kier molecular flexibility index (Phi) is 4.55. The van der Waals surface area contributed by atoms with Gasteiger partial charge in [-0.15, -0.1) is 0 Å². The molecule has 1 rings (SSSR count). The first kappa shape index (κ1) is 12.0. The van der Waals surface area contributed by atoms with Crippen molar-refractivity contribution in [1.82, 2.24) is 10.2 Å². The minimum absolute atomic E-state index is 0.0450. The van der Waals surface area contributed by atoms with Crippen molar-refractivity contribution >= 4 is 11.9 Å². The molecule has 1 saturated heterocycles. The summed E-state index contributed by atoms with van der Waals surface area (Å²) >= 11 is 0. The number of nitrogens with one attached hydrogen (secondary N) is 1. The maximum absolute atomic E-state index is 11.8. The lowest BCUT2D eigenvalue weighted by Crippen LogP contribution is -2.55. The van der Waals surface area contributed by atoms with Gasteiger partial charge in [0, 0.05) is 26.1 Å². The summed E-state index contributed by atoms with van der Waals surface area (Å²) in [6, 6.07) is -0.304. The van der Waals surface area contributed by atoms with Crippen LogP contribution in [0.5, 0.6) is 0 Å². The van der Waals surface area contributed by atoms with Gasteiger partial charge in [-0.3, -0.25) is 9.59 Å². The third-order valence-corrected chi connectivity index (χ3v) is 2.52. The fourth-order valence-electron chi connectivity index (χ4n) is 1.78. The molecule has 0 aromatic carbocycles. The van der Waals surface area contributed by atoms with Gasteiger partial charge in [-0.25, -0.2) is 0 Å². The predicted molar refractivity (Wildman–Crippen MR) is 55.5 cm³/mol. The van der Waals surface area contributed by atoms with Crippen LogP contribution >= 0.6 is 0 Å². The first-order chi connectivity index (χ1) is 7.15. The van der Waals surface area contributed by atoms with Crippen molar-refractivity contribution in [2.75, 3.05) is 19.6 Å². The second-order valence-electron chi connectivity index (χ2n) is 3.76. The van der Waals surface area contributed by atoms with Gasteiger partial charge in [0.05, 0.1) is 6.04 Å². The molecular weight excluding hydrogens is 196 g/mol. The number of aliphatic carboxylic acids is 1. The fourth-order valence-corrected chi connectivity index (χ4v) is 1.78. The molecule has 1 heterocycles. The average Bonchev–Trinajstić information content (AvgIpc) is 2.19. The summed E-state index contributed by atoms with van der Waals surface area (Å²) in [4.78, 5) is 24.0. The molecule has 86 valence electrons. The van der Waals surface area contributed by atoms with Crippen LogP contribution in [0.25, 0.3) is 0 Å². The van der Waals surface area contributed by atoms with Gasteiger partial charge >= 0.3 is 5.97 Å². The third kappa shape index (κ3) is 3.51. The van der Waals surface area contributed by atoms with E-state index >= 15 is 0 Å². The number of amides is 1. The van der Waals surface area contributed by atoms with Crippen LogP contribution in [0.4, 0.5) is 0 Å². The lowest BCUT2D eigenvalue weighted by molar-refractivity contribution is -0.138. The Morgan fingerprint density at radius 1 is 1.67 bits per heavy atom. The van der Waals surface area contributed by atoms with Crippen molar-refractivity contribution in [3.63, 3.8) is 0 Å². The first-order valence-electron chi connectivity index (χ1n) is 5.39. The van der Waals surface area contributed by atoms with Crippen LogP contribution in [0.1, 0.15) is 26.2 Å². The molecule has 0 radical (unpaired) electrons. The minimum Gasteiger partial charge on any atom is -0.481 e. The summed E-state index contributed by atoms with van der Waals surface area (Å²) in [6.45, 7) is 4.29. The molecule has 5 heteroatoms. The molecular formula is C10H18N2O3. The molecule has 0 aliphatic carbocycles. The van der Waals surface area contributed by atoms with Gasteiger partial charge in [0.25, 0.3) is 0 Å². The number of nitrogens with zero attached hydrogens (tertiary/aromatic N) is 1. The summed E-state index contributed by atoms with van der Waals surface area (Å²) < 4.78 is 0. The van der Waals surface area contributed by atoms with E-state index in [0.29, 0.717) is 6.42 Å².